The van der Waals surface area contributed by atoms with Gasteiger partial charge in [0.1, 0.15) is 4.53 Å². The van der Waals surface area contributed by atoms with Crippen molar-refractivity contribution in [3.63, 3.8) is 0 Å². The molecule has 4 aromatic rings. The van der Waals surface area contributed by atoms with Gasteiger partial charge < -0.3 is 5.32 Å². The molecular formula is C26H17N3O2S. The number of aromatic nitrogens is 1. The van der Waals surface area contributed by atoms with E-state index >= 15 is 0 Å². The highest BCUT2D eigenvalue weighted by Gasteiger charge is 2.29. The van der Waals surface area contributed by atoms with E-state index < -0.39 is 0 Å². The number of nitrogens with one attached hydrogen (secondary N) is 1. The Morgan fingerprint density at radius 2 is 1.53 bits per heavy atom. The Morgan fingerprint density at radius 3 is 2.31 bits per heavy atom. The molecule has 2 aliphatic rings. The van der Waals surface area contributed by atoms with Crippen LogP contribution in [0, 0.1) is 0 Å². The highest BCUT2D eigenvalue weighted by atomic mass is 32.1. The van der Waals surface area contributed by atoms with Gasteiger partial charge in [0.25, 0.3) is 11.5 Å². The lowest BCUT2D eigenvalue weighted by Gasteiger charge is -2.19. The Bertz CT molecular complexity index is 1580. The molecule has 32 heavy (non-hydrogen) atoms. The largest absolute Gasteiger partial charge is 0.321 e. The molecule has 0 bridgehead atoms. The quantitative estimate of drug-likeness (QED) is 0.525. The molecular weight excluding hydrogens is 418 g/mol. The van der Waals surface area contributed by atoms with Crippen LogP contribution in [0.2, 0.25) is 0 Å². The number of para-hydroxylation sites is 1. The highest BCUT2D eigenvalue weighted by molar-refractivity contribution is 7.07. The maximum Gasteiger partial charge on any atom is 0.271 e. The molecule has 0 saturated carbocycles. The minimum atomic E-state index is -0.309. The summed E-state index contributed by atoms with van der Waals surface area (Å²) in [5, 5.41) is 2.87. The monoisotopic (exact) mass is 435 g/mol. The second-order valence-corrected chi connectivity index (χ2v) is 8.63. The van der Waals surface area contributed by atoms with Crippen LogP contribution in [0.15, 0.2) is 101 Å². The second-order valence-electron chi connectivity index (χ2n) is 7.65. The molecule has 5 nitrogen and oxygen atoms in total. The molecule has 0 spiro atoms. The SMILES string of the molecule is O=C1Nc2ccccc2/C1=c1/sc2n(c1=O)C(c1ccccc1)C=C(c1ccccc1)N=2. The van der Waals surface area contributed by atoms with Gasteiger partial charge in [-0.3, -0.25) is 14.2 Å². The van der Waals surface area contributed by atoms with Crippen molar-refractivity contribution in [1.82, 2.24) is 4.57 Å². The van der Waals surface area contributed by atoms with Crippen molar-refractivity contribution in [3.8, 4) is 0 Å². The maximum atomic E-state index is 13.7. The molecule has 1 amide bonds. The number of hydrogen-bond donors (Lipinski definition) is 1. The summed E-state index contributed by atoms with van der Waals surface area (Å²) in [6.07, 6.45) is 2.02. The fourth-order valence-electron chi connectivity index (χ4n) is 4.23. The summed E-state index contributed by atoms with van der Waals surface area (Å²) in [7, 11) is 0. The third-order valence-electron chi connectivity index (χ3n) is 5.73. The summed E-state index contributed by atoms with van der Waals surface area (Å²) in [4.78, 5) is 31.9. The maximum absolute atomic E-state index is 13.7. The molecule has 6 heteroatoms. The lowest BCUT2D eigenvalue weighted by Crippen LogP contribution is -2.37. The van der Waals surface area contributed by atoms with Gasteiger partial charge in [-0.05, 0) is 23.3 Å². The number of thiazole rings is 1. The van der Waals surface area contributed by atoms with Crippen molar-refractivity contribution in [2.45, 2.75) is 6.04 Å². The first-order valence-corrected chi connectivity index (χ1v) is 11.1. The van der Waals surface area contributed by atoms with Gasteiger partial charge in [0.2, 0.25) is 0 Å². The molecule has 1 N–H and O–H groups in total. The molecule has 3 heterocycles. The van der Waals surface area contributed by atoms with Gasteiger partial charge in [-0.2, -0.15) is 0 Å². The molecule has 3 aromatic carbocycles. The zero-order valence-corrected chi connectivity index (χ0v) is 17.7. The Morgan fingerprint density at radius 1 is 0.844 bits per heavy atom. The van der Waals surface area contributed by atoms with Crippen LogP contribution >= 0.6 is 11.3 Å². The average Bonchev–Trinajstić information content (AvgIpc) is 3.35. The summed E-state index contributed by atoms with van der Waals surface area (Å²) >= 11 is 1.27. The van der Waals surface area contributed by atoms with Crippen LogP contribution in [-0.2, 0) is 4.79 Å². The van der Waals surface area contributed by atoms with Crippen LogP contribution in [-0.4, -0.2) is 10.5 Å². The number of nitrogens with zero attached hydrogens (tertiary/aromatic N) is 2. The molecule has 0 radical (unpaired) electrons. The summed E-state index contributed by atoms with van der Waals surface area (Å²) in [5.41, 5.74) is 4.48. The Balaban J connectivity index is 1.66. The predicted octanol–water partition coefficient (Wildman–Crippen LogP) is 3.32. The first kappa shape index (κ1) is 18.7. The number of rotatable bonds is 2. The van der Waals surface area contributed by atoms with Crippen molar-refractivity contribution < 1.29 is 4.79 Å². The van der Waals surface area contributed by atoms with Crippen LogP contribution in [0.25, 0.3) is 11.3 Å². The smallest absolute Gasteiger partial charge is 0.271 e. The van der Waals surface area contributed by atoms with Gasteiger partial charge in [-0.1, -0.05) is 90.2 Å². The van der Waals surface area contributed by atoms with Crippen molar-refractivity contribution in [1.29, 1.82) is 0 Å². The Labute approximate surface area is 187 Å². The van der Waals surface area contributed by atoms with E-state index in [1.165, 1.54) is 11.3 Å². The van der Waals surface area contributed by atoms with Gasteiger partial charge in [0.15, 0.2) is 4.80 Å². The first-order valence-electron chi connectivity index (χ1n) is 10.3. The number of hydrogen-bond acceptors (Lipinski definition) is 4. The van der Waals surface area contributed by atoms with E-state index in [1.807, 2.05) is 91.0 Å². The fourth-order valence-corrected chi connectivity index (χ4v) is 5.34. The molecule has 1 unspecified atom stereocenters. The molecule has 2 aliphatic heterocycles. The molecule has 0 aliphatic carbocycles. The fraction of sp³-hybridized carbons (Fsp3) is 0.0385. The van der Waals surface area contributed by atoms with Crippen LogP contribution in [0.5, 0.6) is 0 Å². The Hall–Kier alpha value is -4.03. The van der Waals surface area contributed by atoms with Gasteiger partial charge >= 0.3 is 0 Å². The van der Waals surface area contributed by atoms with E-state index in [4.69, 9.17) is 4.99 Å². The number of allylic oxidation sites excluding steroid dienone is 1. The molecule has 0 fully saturated rings. The van der Waals surface area contributed by atoms with E-state index in [0.717, 1.165) is 28.1 Å². The minimum Gasteiger partial charge on any atom is -0.321 e. The minimum absolute atomic E-state index is 0.201. The zero-order chi connectivity index (χ0) is 21.7. The normalized spacial score (nSPS) is 18.3. The van der Waals surface area contributed by atoms with E-state index in [2.05, 4.69) is 5.32 Å². The van der Waals surface area contributed by atoms with Crippen LogP contribution in [0.3, 0.4) is 0 Å². The number of carbonyl (C=O) groups is 1. The Kier molecular flexibility index (Phi) is 4.26. The molecule has 6 rings (SSSR count). The van der Waals surface area contributed by atoms with Crippen LogP contribution in [0.4, 0.5) is 5.69 Å². The standard InChI is InChI=1S/C26H17N3O2S/c30-24-22(18-13-7-8-14-19(18)27-24)23-25(31)29-21(17-11-5-2-6-12-17)15-20(28-26(29)32-23)16-9-3-1-4-10-16/h1-15,21H,(H,27,30)/b23-22-. The average molecular weight is 436 g/mol. The number of benzene rings is 3. The third-order valence-corrected chi connectivity index (χ3v) is 6.79. The van der Waals surface area contributed by atoms with Gasteiger partial charge in [-0.15, -0.1) is 0 Å². The van der Waals surface area contributed by atoms with Crippen molar-refractivity contribution in [2.24, 2.45) is 4.99 Å². The molecule has 1 atom stereocenters. The molecule has 1 aromatic heterocycles. The number of fused-ring (bicyclic) bond motifs is 2. The topological polar surface area (TPSA) is 63.5 Å². The highest BCUT2D eigenvalue weighted by Crippen LogP contribution is 2.30. The van der Waals surface area contributed by atoms with Crippen LogP contribution in [0.1, 0.15) is 22.7 Å². The van der Waals surface area contributed by atoms with E-state index in [9.17, 15) is 9.59 Å². The summed E-state index contributed by atoms with van der Waals surface area (Å²) < 4.78 is 2.11. The number of anilines is 1. The lowest BCUT2D eigenvalue weighted by molar-refractivity contribution is -0.110. The predicted molar refractivity (Wildman–Crippen MR) is 126 cm³/mol. The zero-order valence-electron chi connectivity index (χ0n) is 16.9. The van der Waals surface area contributed by atoms with Crippen molar-refractivity contribution in [3.05, 3.63) is 127 Å². The summed E-state index contributed by atoms with van der Waals surface area (Å²) in [6, 6.07) is 27.0. The van der Waals surface area contributed by atoms with E-state index in [1.54, 1.807) is 4.57 Å². The number of amides is 1. The first-order chi connectivity index (χ1) is 15.7. The van der Waals surface area contributed by atoms with Crippen LogP contribution < -0.4 is 20.2 Å². The molecule has 154 valence electrons. The van der Waals surface area contributed by atoms with E-state index in [-0.39, 0.29) is 17.5 Å². The molecule has 0 saturated heterocycles. The second kappa shape index (κ2) is 7.28. The summed E-state index contributed by atoms with van der Waals surface area (Å²) in [5.74, 6) is -0.255. The lowest BCUT2D eigenvalue weighted by atomic mass is 10.0. The summed E-state index contributed by atoms with van der Waals surface area (Å²) in [6.45, 7) is 0. The van der Waals surface area contributed by atoms with Crippen molar-refractivity contribution >= 4 is 34.2 Å². The van der Waals surface area contributed by atoms with Gasteiger partial charge in [0.05, 0.1) is 17.3 Å². The van der Waals surface area contributed by atoms with E-state index in [0.29, 0.717) is 14.9 Å². The third kappa shape index (κ3) is 2.88. The van der Waals surface area contributed by atoms with Gasteiger partial charge in [0, 0.05) is 11.3 Å². The number of carbonyl (C=O) groups excluding carboxylic acids is 1. The van der Waals surface area contributed by atoms with Crippen molar-refractivity contribution in [2.75, 3.05) is 5.32 Å². The van der Waals surface area contributed by atoms with Gasteiger partial charge in [-0.25, -0.2) is 4.99 Å².